The van der Waals surface area contributed by atoms with Gasteiger partial charge in [-0.3, -0.25) is 14.4 Å². The molecule has 1 saturated heterocycles. The fourth-order valence-electron chi connectivity index (χ4n) is 5.77. The van der Waals surface area contributed by atoms with Gasteiger partial charge in [-0.05, 0) is 42.7 Å². The molecule has 12 heteroatoms. The molecule has 5 N–H and O–H groups in total. The molecule has 0 aromatic heterocycles. The van der Waals surface area contributed by atoms with Crippen LogP contribution in [-0.2, 0) is 27.3 Å². The number of ether oxygens (including phenoxy) is 2. The van der Waals surface area contributed by atoms with Gasteiger partial charge in [0.05, 0.1) is 26.2 Å². The minimum atomic E-state index is -1.02. The number of anilines is 1. The molecule has 0 bridgehead atoms. The molecule has 0 radical (unpaired) electrons. The fourth-order valence-corrected chi connectivity index (χ4v) is 5.77. The number of aliphatic hydroxyl groups excluding tert-OH is 1. The summed E-state index contributed by atoms with van der Waals surface area (Å²) in [6.45, 7) is 1.66. The Morgan fingerprint density at radius 1 is 1.09 bits per heavy atom. The number of nitrogens with zero attached hydrogens (tertiary/aromatic N) is 2. The number of carbonyl (C=O) groups is 3. The first-order valence-electron chi connectivity index (χ1n) is 15.1. The molecular weight excluding hydrogens is 590 g/mol. The molecule has 246 valence electrons. The molecule has 3 amide bonds. The van der Waals surface area contributed by atoms with Crippen LogP contribution in [0.1, 0.15) is 28.4 Å². The van der Waals surface area contributed by atoms with Crippen molar-refractivity contribution in [3.63, 3.8) is 0 Å². The predicted octanol–water partition coefficient (Wildman–Crippen LogP) is 2.72. The van der Waals surface area contributed by atoms with Crippen LogP contribution in [0.15, 0.2) is 66.7 Å². The number of primary amides is 1. The third-order valence-corrected chi connectivity index (χ3v) is 8.07. The summed E-state index contributed by atoms with van der Waals surface area (Å²) in [4.78, 5) is 46.0. The number of carbonyl (C=O) groups excluding carboxylic acids is 3. The normalized spacial score (nSPS) is 18.4. The summed E-state index contributed by atoms with van der Waals surface area (Å²) in [6.07, 6.45) is -1.69. The number of alkyl carbamates (subject to hydrolysis) is 1. The van der Waals surface area contributed by atoms with E-state index in [2.05, 4.69) is 10.6 Å². The number of aliphatic hydroxyl groups is 1. The second-order valence-corrected chi connectivity index (χ2v) is 11.3. The van der Waals surface area contributed by atoms with E-state index < -0.39 is 42.8 Å². The molecule has 0 unspecified atom stereocenters. The lowest BCUT2D eigenvalue weighted by Crippen LogP contribution is -2.48. The number of hydrogen-bond donors (Lipinski definition) is 4. The highest BCUT2D eigenvalue weighted by Gasteiger charge is 2.50. The van der Waals surface area contributed by atoms with Crippen molar-refractivity contribution in [3.8, 4) is 16.9 Å². The Balaban J connectivity index is 1.56. The highest BCUT2D eigenvalue weighted by atomic mass is 16.7. The van der Waals surface area contributed by atoms with E-state index in [1.807, 2.05) is 73.6 Å². The monoisotopic (exact) mass is 633 g/mol. The maximum absolute atomic E-state index is 12.9. The minimum absolute atomic E-state index is 0.0727. The summed E-state index contributed by atoms with van der Waals surface area (Å²) in [6, 6.07) is 19.8. The topological polar surface area (TPSA) is 156 Å². The van der Waals surface area contributed by atoms with E-state index in [0.29, 0.717) is 29.8 Å². The Bertz CT molecular complexity index is 1520. The van der Waals surface area contributed by atoms with Crippen LogP contribution in [0, 0.1) is 5.92 Å². The van der Waals surface area contributed by atoms with E-state index in [1.54, 1.807) is 33.2 Å². The average molecular weight is 634 g/mol. The summed E-state index contributed by atoms with van der Waals surface area (Å²) in [5.74, 6) is -1.15. The highest BCUT2D eigenvalue weighted by molar-refractivity contribution is 5.97. The van der Waals surface area contributed by atoms with Gasteiger partial charge in [-0.15, -0.1) is 0 Å². The number of amides is 3. The summed E-state index contributed by atoms with van der Waals surface area (Å²) in [5.41, 5.74) is 10.4. The van der Waals surface area contributed by atoms with Crippen molar-refractivity contribution >= 4 is 23.6 Å². The van der Waals surface area contributed by atoms with Crippen LogP contribution >= 0.6 is 0 Å². The molecule has 1 fully saturated rings. The van der Waals surface area contributed by atoms with E-state index in [1.165, 1.54) is 5.06 Å². The molecule has 0 saturated carbocycles. The molecule has 4 rings (SSSR count). The Hall–Kier alpha value is -4.65. The van der Waals surface area contributed by atoms with Gasteiger partial charge in [0.2, 0.25) is 5.91 Å². The van der Waals surface area contributed by atoms with Crippen LogP contribution < -0.4 is 26.0 Å². The predicted molar refractivity (Wildman–Crippen MR) is 174 cm³/mol. The Labute approximate surface area is 269 Å². The standard InChI is InChI=1S/C34H43N5O7/c1-21(45-34(43)37-15-14-22-10-7-6-8-11-22)29-28(20-40)46-39(30(29)32(35)41)19-23-12-9-13-27(31(23)44-5)24-16-25(33(42)36-2)18-26(17-24)38(3)4/h6-13,16-18,21,28-30,40H,14-15,19-20H2,1-5H3,(H2,35,41)(H,36,42)(H,37,43)/t21-,28-,29+,30-/m0/s1. The number of hydrogen-bond acceptors (Lipinski definition) is 9. The molecule has 0 spiro atoms. The number of nitrogens with two attached hydrogens (primary N) is 1. The Kier molecular flexibility index (Phi) is 11.6. The molecule has 0 aliphatic carbocycles. The number of benzene rings is 3. The summed E-state index contributed by atoms with van der Waals surface area (Å²) in [7, 11) is 6.90. The summed E-state index contributed by atoms with van der Waals surface area (Å²) < 4.78 is 11.5. The van der Waals surface area contributed by atoms with E-state index in [9.17, 15) is 19.5 Å². The van der Waals surface area contributed by atoms with Gasteiger partial charge in [-0.1, -0.05) is 48.5 Å². The number of rotatable bonds is 13. The fraction of sp³-hybridized carbons (Fsp3) is 0.382. The van der Waals surface area contributed by atoms with Crippen molar-refractivity contribution in [2.75, 3.05) is 46.3 Å². The van der Waals surface area contributed by atoms with Crippen LogP contribution in [-0.4, -0.2) is 87.7 Å². The number of methoxy groups -OCH3 is 1. The highest BCUT2D eigenvalue weighted by Crippen LogP contribution is 2.39. The zero-order valence-corrected chi connectivity index (χ0v) is 26.9. The molecule has 4 atom stereocenters. The van der Waals surface area contributed by atoms with E-state index in [-0.39, 0.29) is 12.5 Å². The average Bonchev–Trinajstić information content (AvgIpc) is 3.43. The van der Waals surface area contributed by atoms with Gasteiger partial charge >= 0.3 is 6.09 Å². The van der Waals surface area contributed by atoms with Crippen molar-refractivity contribution in [3.05, 3.63) is 83.4 Å². The van der Waals surface area contributed by atoms with Crippen molar-refractivity contribution in [1.82, 2.24) is 15.7 Å². The van der Waals surface area contributed by atoms with E-state index in [0.717, 1.165) is 22.4 Å². The zero-order chi connectivity index (χ0) is 33.4. The molecule has 46 heavy (non-hydrogen) atoms. The first kappa shape index (κ1) is 34.2. The lowest BCUT2D eigenvalue weighted by Gasteiger charge is -2.27. The largest absolute Gasteiger partial charge is 0.496 e. The first-order valence-corrected chi connectivity index (χ1v) is 15.1. The molecular formula is C34H43N5O7. The van der Waals surface area contributed by atoms with Crippen LogP contribution in [0.3, 0.4) is 0 Å². The van der Waals surface area contributed by atoms with Gasteiger partial charge < -0.3 is 35.8 Å². The summed E-state index contributed by atoms with van der Waals surface area (Å²) in [5, 5.41) is 17.0. The number of hydroxylamine groups is 2. The van der Waals surface area contributed by atoms with Crippen LogP contribution in [0.5, 0.6) is 5.75 Å². The minimum Gasteiger partial charge on any atom is -0.496 e. The van der Waals surface area contributed by atoms with Crippen LogP contribution in [0.2, 0.25) is 0 Å². The van der Waals surface area contributed by atoms with Crippen molar-refractivity contribution < 1.29 is 33.8 Å². The quantitative estimate of drug-likeness (QED) is 0.222. The molecule has 3 aromatic rings. The molecule has 12 nitrogen and oxygen atoms in total. The second-order valence-electron chi connectivity index (χ2n) is 11.3. The third kappa shape index (κ3) is 7.94. The van der Waals surface area contributed by atoms with Crippen molar-refractivity contribution in [1.29, 1.82) is 0 Å². The van der Waals surface area contributed by atoms with Crippen LogP contribution in [0.25, 0.3) is 11.1 Å². The zero-order valence-electron chi connectivity index (χ0n) is 26.9. The van der Waals surface area contributed by atoms with Crippen molar-refractivity contribution in [2.24, 2.45) is 11.7 Å². The third-order valence-electron chi connectivity index (χ3n) is 8.07. The Morgan fingerprint density at radius 3 is 2.46 bits per heavy atom. The van der Waals surface area contributed by atoms with Gasteiger partial charge in [0.1, 0.15) is 24.0 Å². The first-order chi connectivity index (χ1) is 22.1. The van der Waals surface area contributed by atoms with Gasteiger partial charge in [0.15, 0.2) is 0 Å². The van der Waals surface area contributed by atoms with Gasteiger partial charge in [0.25, 0.3) is 5.91 Å². The summed E-state index contributed by atoms with van der Waals surface area (Å²) >= 11 is 0. The molecule has 1 heterocycles. The van der Waals surface area contributed by atoms with E-state index >= 15 is 0 Å². The van der Waals surface area contributed by atoms with Crippen molar-refractivity contribution in [2.45, 2.75) is 38.1 Å². The number of para-hydroxylation sites is 1. The van der Waals surface area contributed by atoms with E-state index in [4.69, 9.17) is 20.0 Å². The SMILES string of the molecule is CNC(=O)c1cc(-c2cccc(CN3O[C@@H](CO)[C@@H]([C@H](C)OC(=O)NCCc4ccccc4)[C@H]3C(N)=O)c2OC)cc(N(C)C)c1. The smallest absolute Gasteiger partial charge is 0.407 e. The second kappa shape index (κ2) is 15.6. The molecule has 1 aliphatic heterocycles. The maximum atomic E-state index is 12.9. The molecule has 1 aliphatic rings. The lowest BCUT2D eigenvalue weighted by molar-refractivity contribution is -0.181. The lowest BCUT2D eigenvalue weighted by atomic mass is 9.89. The van der Waals surface area contributed by atoms with Gasteiger partial charge in [-0.25, -0.2) is 4.79 Å². The molecule has 3 aromatic carbocycles. The maximum Gasteiger partial charge on any atom is 0.407 e. The van der Waals surface area contributed by atoms with Crippen LogP contribution in [0.4, 0.5) is 10.5 Å². The van der Waals surface area contributed by atoms with Gasteiger partial charge in [0, 0.05) is 50.1 Å². The number of nitrogens with one attached hydrogen (secondary N) is 2. The van der Waals surface area contributed by atoms with Gasteiger partial charge in [-0.2, -0.15) is 5.06 Å². The Morgan fingerprint density at radius 2 is 1.83 bits per heavy atom.